The number of anilines is 1. The van der Waals surface area contributed by atoms with E-state index in [1.807, 2.05) is 54.6 Å². The number of nitro groups is 1. The Morgan fingerprint density at radius 2 is 1.76 bits per heavy atom. The number of rotatable bonds is 11. The number of benzene rings is 3. The molecule has 3 aromatic rings. The molecule has 1 aliphatic rings. The molecule has 41 heavy (non-hydrogen) atoms. The molecule has 2 N–H and O–H groups in total. The Morgan fingerprint density at radius 1 is 1.05 bits per heavy atom. The highest BCUT2D eigenvalue weighted by Gasteiger charge is 2.23. The maximum Gasteiger partial charge on any atom is 0.279 e. The zero-order valence-corrected chi connectivity index (χ0v) is 23.0. The van der Waals surface area contributed by atoms with Gasteiger partial charge in [0.05, 0.1) is 48.6 Å². The molecule has 0 fully saturated rings. The fourth-order valence-corrected chi connectivity index (χ4v) is 4.65. The summed E-state index contributed by atoms with van der Waals surface area (Å²) < 4.78 is 10.9. The minimum absolute atomic E-state index is 0.0967. The molecule has 10 heteroatoms. The molecule has 0 aromatic heterocycles. The first-order valence-electron chi connectivity index (χ1n) is 13.4. The van der Waals surface area contributed by atoms with Gasteiger partial charge >= 0.3 is 0 Å². The first-order chi connectivity index (χ1) is 19.8. The summed E-state index contributed by atoms with van der Waals surface area (Å²) in [5.74, 6) is 0.0728. The summed E-state index contributed by atoms with van der Waals surface area (Å²) in [6, 6.07) is 18.3. The summed E-state index contributed by atoms with van der Waals surface area (Å²) in [6.45, 7) is 2.17. The SMILES string of the molecule is COc1cc(C(C)O)c([N+](=O)[O-])cc1OCCCC(=O)NCCC(=O)N1Cc2ccccc2/C=C\c2ccccc21. The minimum Gasteiger partial charge on any atom is -0.493 e. The molecule has 0 saturated heterocycles. The summed E-state index contributed by atoms with van der Waals surface area (Å²) in [6.07, 6.45) is 3.64. The van der Waals surface area contributed by atoms with Crippen LogP contribution in [0.4, 0.5) is 11.4 Å². The number of hydrogen-bond acceptors (Lipinski definition) is 7. The molecule has 0 saturated carbocycles. The van der Waals surface area contributed by atoms with Crippen molar-refractivity contribution in [2.24, 2.45) is 0 Å². The van der Waals surface area contributed by atoms with Crippen LogP contribution in [-0.4, -0.2) is 42.1 Å². The zero-order valence-electron chi connectivity index (χ0n) is 23.0. The van der Waals surface area contributed by atoms with E-state index in [-0.39, 0.29) is 60.6 Å². The zero-order chi connectivity index (χ0) is 29.4. The number of para-hydroxylation sites is 1. The van der Waals surface area contributed by atoms with Crippen LogP contribution < -0.4 is 19.7 Å². The predicted molar refractivity (Wildman–Crippen MR) is 156 cm³/mol. The number of nitro benzene ring substituents is 1. The normalized spacial score (nSPS) is 13.6. The molecular formula is C31H33N3O7. The van der Waals surface area contributed by atoms with Gasteiger partial charge in [0.25, 0.3) is 5.69 Å². The van der Waals surface area contributed by atoms with E-state index < -0.39 is 11.0 Å². The van der Waals surface area contributed by atoms with E-state index in [0.29, 0.717) is 13.0 Å². The number of hydrogen-bond donors (Lipinski definition) is 2. The van der Waals surface area contributed by atoms with Gasteiger partial charge in [-0.1, -0.05) is 54.6 Å². The van der Waals surface area contributed by atoms with Gasteiger partial charge in [0.15, 0.2) is 11.5 Å². The van der Waals surface area contributed by atoms with Crippen LogP contribution in [-0.2, 0) is 16.1 Å². The fourth-order valence-electron chi connectivity index (χ4n) is 4.65. The number of aliphatic hydroxyl groups is 1. The van der Waals surface area contributed by atoms with E-state index in [4.69, 9.17) is 9.47 Å². The van der Waals surface area contributed by atoms with Crippen molar-refractivity contribution in [1.29, 1.82) is 0 Å². The molecule has 0 bridgehead atoms. The third kappa shape index (κ3) is 7.29. The number of ether oxygens (including phenoxy) is 2. The summed E-state index contributed by atoms with van der Waals surface area (Å²) in [5.41, 5.74) is 3.71. The van der Waals surface area contributed by atoms with Crippen molar-refractivity contribution >= 4 is 35.3 Å². The van der Waals surface area contributed by atoms with Crippen LogP contribution in [0.3, 0.4) is 0 Å². The summed E-state index contributed by atoms with van der Waals surface area (Å²) >= 11 is 0. The molecule has 0 aliphatic carbocycles. The third-order valence-corrected chi connectivity index (χ3v) is 6.78. The maximum atomic E-state index is 13.3. The van der Waals surface area contributed by atoms with Gasteiger partial charge in [0.2, 0.25) is 11.8 Å². The third-order valence-electron chi connectivity index (χ3n) is 6.78. The Morgan fingerprint density at radius 3 is 2.49 bits per heavy atom. The second-order valence-electron chi connectivity index (χ2n) is 9.62. The molecule has 3 aromatic carbocycles. The highest BCUT2D eigenvalue weighted by molar-refractivity contribution is 5.97. The Kier molecular flexibility index (Phi) is 9.70. The quantitative estimate of drug-likeness (QED) is 0.191. The topological polar surface area (TPSA) is 131 Å². The molecular weight excluding hydrogens is 526 g/mol. The van der Waals surface area contributed by atoms with Crippen LogP contribution >= 0.6 is 0 Å². The van der Waals surface area contributed by atoms with E-state index in [1.54, 1.807) is 4.90 Å². The lowest BCUT2D eigenvalue weighted by molar-refractivity contribution is -0.386. The lowest BCUT2D eigenvalue weighted by Gasteiger charge is -2.27. The second-order valence-corrected chi connectivity index (χ2v) is 9.62. The lowest BCUT2D eigenvalue weighted by atomic mass is 10.0. The first-order valence-corrected chi connectivity index (χ1v) is 13.4. The minimum atomic E-state index is -1.06. The van der Waals surface area contributed by atoms with Crippen molar-refractivity contribution in [2.45, 2.75) is 38.8 Å². The number of fused-ring (bicyclic) bond motifs is 2. The van der Waals surface area contributed by atoms with E-state index in [1.165, 1.54) is 26.2 Å². The van der Waals surface area contributed by atoms with Crippen molar-refractivity contribution < 1.29 is 29.1 Å². The second kappa shape index (κ2) is 13.6. The molecule has 4 rings (SSSR count). The molecule has 2 amide bonds. The smallest absolute Gasteiger partial charge is 0.279 e. The summed E-state index contributed by atoms with van der Waals surface area (Å²) in [5, 5.41) is 24.1. The standard InChI is InChI=1S/C31H33N3O7/c1-21(35)25-18-28(40-2)29(19-27(25)34(38)39)41-17-7-12-30(36)32-16-15-31(37)33-20-24-10-4-3-8-22(24)13-14-23-9-5-6-11-26(23)33/h3-6,8-11,13-14,18-19,21,35H,7,12,15-17,20H2,1-2H3,(H,32,36)/b14-13-. The average Bonchev–Trinajstić information content (AvgIpc) is 2.95. The van der Waals surface area contributed by atoms with E-state index in [2.05, 4.69) is 11.4 Å². The Hall–Kier alpha value is -4.70. The van der Waals surface area contributed by atoms with Gasteiger partial charge in [0, 0.05) is 19.4 Å². The molecule has 1 aliphatic heterocycles. The van der Waals surface area contributed by atoms with E-state index in [0.717, 1.165) is 22.4 Å². The number of carbonyl (C=O) groups excluding carboxylic acids is 2. The van der Waals surface area contributed by atoms with Crippen molar-refractivity contribution in [2.75, 3.05) is 25.2 Å². The summed E-state index contributed by atoms with van der Waals surface area (Å²) in [7, 11) is 1.40. The fraction of sp³-hybridized carbons (Fsp3) is 0.290. The monoisotopic (exact) mass is 559 g/mol. The highest BCUT2D eigenvalue weighted by atomic mass is 16.6. The van der Waals surface area contributed by atoms with Gasteiger partial charge in [0.1, 0.15) is 0 Å². The largest absolute Gasteiger partial charge is 0.493 e. The first kappa shape index (κ1) is 29.3. The van der Waals surface area contributed by atoms with Crippen LogP contribution in [0.15, 0.2) is 60.7 Å². The Balaban J connectivity index is 1.29. The molecule has 0 spiro atoms. The van der Waals surface area contributed by atoms with Gasteiger partial charge in [-0.15, -0.1) is 0 Å². The molecule has 10 nitrogen and oxygen atoms in total. The van der Waals surface area contributed by atoms with Crippen LogP contribution in [0.2, 0.25) is 0 Å². The van der Waals surface area contributed by atoms with E-state index in [9.17, 15) is 24.8 Å². The lowest BCUT2D eigenvalue weighted by Crippen LogP contribution is -2.35. The number of amides is 2. The van der Waals surface area contributed by atoms with Crippen LogP contribution in [0.1, 0.15) is 54.5 Å². The van der Waals surface area contributed by atoms with Gasteiger partial charge in [-0.2, -0.15) is 0 Å². The van der Waals surface area contributed by atoms with Crippen molar-refractivity contribution in [3.8, 4) is 11.5 Å². The van der Waals surface area contributed by atoms with Gasteiger partial charge in [-0.05, 0) is 42.2 Å². The van der Waals surface area contributed by atoms with Crippen molar-refractivity contribution in [3.05, 3.63) is 93.0 Å². The van der Waals surface area contributed by atoms with Crippen molar-refractivity contribution in [3.63, 3.8) is 0 Å². The number of nitrogens with zero attached hydrogens (tertiary/aromatic N) is 2. The van der Waals surface area contributed by atoms with Crippen molar-refractivity contribution in [1.82, 2.24) is 5.32 Å². The van der Waals surface area contributed by atoms with Crippen LogP contribution in [0.25, 0.3) is 12.2 Å². The Labute approximate surface area is 238 Å². The van der Waals surface area contributed by atoms with Crippen LogP contribution in [0.5, 0.6) is 11.5 Å². The van der Waals surface area contributed by atoms with Gasteiger partial charge in [-0.3, -0.25) is 19.7 Å². The molecule has 214 valence electrons. The van der Waals surface area contributed by atoms with Crippen LogP contribution in [0, 0.1) is 10.1 Å². The number of aliphatic hydroxyl groups excluding tert-OH is 1. The van der Waals surface area contributed by atoms with Gasteiger partial charge < -0.3 is 24.8 Å². The number of nitrogens with one attached hydrogen (secondary N) is 1. The summed E-state index contributed by atoms with van der Waals surface area (Å²) in [4.78, 5) is 38.3. The molecule has 1 atom stereocenters. The molecule has 1 heterocycles. The van der Waals surface area contributed by atoms with Gasteiger partial charge in [-0.25, -0.2) is 0 Å². The maximum absolute atomic E-state index is 13.3. The average molecular weight is 560 g/mol. The predicted octanol–water partition coefficient (Wildman–Crippen LogP) is 5.04. The molecule has 0 radical (unpaired) electrons. The number of methoxy groups -OCH3 is 1. The van der Waals surface area contributed by atoms with E-state index >= 15 is 0 Å². The highest BCUT2D eigenvalue weighted by Crippen LogP contribution is 2.37. The molecule has 1 unspecified atom stereocenters. The Bertz CT molecular complexity index is 1450. The number of carbonyl (C=O) groups is 2.